The summed E-state index contributed by atoms with van der Waals surface area (Å²) in [5, 5.41) is 17.6. The first-order valence-corrected chi connectivity index (χ1v) is 12.2. The molecule has 2 aromatic rings. The zero-order chi connectivity index (χ0) is 22.5. The van der Waals surface area contributed by atoms with Crippen molar-refractivity contribution in [2.45, 2.75) is 35.8 Å². The van der Waals surface area contributed by atoms with Crippen LogP contribution in [0.4, 0.5) is 5.69 Å². The third-order valence-corrected chi connectivity index (χ3v) is 8.43. The molecule has 0 bridgehead atoms. The van der Waals surface area contributed by atoms with Gasteiger partial charge in [0.1, 0.15) is 0 Å². The normalized spacial score (nSPS) is 16.0. The Bertz CT molecular complexity index is 988. The van der Waals surface area contributed by atoms with Gasteiger partial charge in [0.15, 0.2) is 14.6 Å². The van der Waals surface area contributed by atoms with Gasteiger partial charge in [-0.25, -0.2) is 13.5 Å². The minimum Gasteiger partial charge on any atom is -0.385 e. The van der Waals surface area contributed by atoms with Crippen molar-refractivity contribution in [2.24, 2.45) is 0 Å². The molecule has 168 valence electrons. The van der Waals surface area contributed by atoms with Gasteiger partial charge in [-0.15, -0.1) is 0 Å². The van der Waals surface area contributed by atoms with E-state index in [0.29, 0.717) is 29.7 Å². The predicted octanol–water partition coefficient (Wildman–Crippen LogP) is 3.13. The lowest BCUT2D eigenvalue weighted by Crippen LogP contribution is -2.57. The van der Waals surface area contributed by atoms with Gasteiger partial charge >= 0.3 is 0 Å². The molecular formula is C22H28ClN3O4S. The van der Waals surface area contributed by atoms with E-state index in [4.69, 9.17) is 11.6 Å². The number of amides is 1. The van der Waals surface area contributed by atoms with E-state index in [1.165, 1.54) is 12.1 Å². The van der Waals surface area contributed by atoms with Gasteiger partial charge in [-0.2, -0.15) is 0 Å². The number of carbonyl (C=O) groups is 1. The molecule has 1 heterocycles. The number of halogens is 1. The smallest absolute Gasteiger partial charge is 0.267 e. The van der Waals surface area contributed by atoms with E-state index < -0.39 is 20.5 Å². The average molecular weight is 466 g/mol. The Morgan fingerprint density at radius 1 is 1.13 bits per heavy atom. The third kappa shape index (κ3) is 5.03. The highest BCUT2D eigenvalue weighted by Crippen LogP contribution is 2.35. The fourth-order valence-corrected chi connectivity index (χ4v) is 5.94. The highest BCUT2D eigenvalue weighted by atomic mass is 35.5. The van der Waals surface area contributed by atoms with Crippen LogP contribution in [0.1, 0.15) is 25.3 Å². The van der Waals surface area contributed by atoms with Gasteiger partial charge in [-0.1, -0.05) is 23.7 Å². The number of hydrogen-bond donors (Lipinski definition) is 3. The largest absolute Gasteiger partial charge is 0.385 e. The SMILES string of the molecule is CCN(O)C(=O)C1(S(=O)(=O)c2ccc(NCCc3ccc(Cl)cc3)cc2)CCNCC1. The number of carbonyl (C=O) groups excluding carboxylic acids is 1. The monoisotopic (exact) mass is 465 g/mol. The van der Waals surface area contributed by atoms with Crippen LogP contribution in [-0.4, -0.2) is 55.5 Å². The summed E-state index contributed by atoms with van der Waals surface area (Å²) in [6, 6.07) is 14.1. The molecule has 1 amide bonds. The summed E-state index contributed by atoms with van der Waals surface area (Å²) in [5.41, 5.74) is 1.93. The van der Waals surface area contributed by atoms with E-state index in [9.17, 15) is 18.4 Å². The maximum absolute atomic E-state index is 13.5. The van der Waals surface area contributed by atoms with Crippen molar-refractivity contribution in [3.8, 4) is 0 Å². The summed E-state index contributed by atoms with van der Waals surface area (Å²) in [7, 11) is -3.99. The number of nitrogens with one attached hydrogen (secondary N) is 2. The molecule has 3 N–H and O–H groups in total. The Labute approximate surface area is 188 Å². The molecular weight excluding hydrogens is 438 g/mol. The van der Waals surface area contributed by atoms with E-state index in [1.807, 2.05) is 24.3 Å². The molecule has 2 aromatic carbocycles. The van der Waals surface area contributed by atoms with Gasteiger partial charge in [-0.3, -0.25) is 10.0 Å². The Morgan fingerprint density at radius 2 is 1.74 bits per heavy atom. The zero-order valence-corrected chi connectivity index (χ0v) is 19.0. The molecule has 1 aliphatic rings. The van der Waals surface area contributed by atoms with Crippen LogP contribution >= 0.6 is 11.6 Å². The van der Waals surface area contributed by atoms with E-state index in [-0.39, 0.29) is 24.3 Å². The van der Waals surface area contributed by atoms with Crippen molar-refractivity contribution in [1.82, 2.24) is 10.4 Å². The first kappa shape index (κ1) is 23.5. The summed E-state index contributed by atoms with van der Waals surface area (Å²) in [4.78, 5) is 13.0. The van der Waals surface area contributed by atoms with Crippen molar-refractivity contribution in [3.05, 3.63) is 59.1 Å². The molecule has 0 radical (unpaired) electrons. The van der Waals surface area contributed by atoms with Crippen molar-refractivity contribution >= 4 is 33.0 Å². The second-order valence-electron chi connectivity index (χ2n) is 7.60. The topological polar surface area (TPSA) is 98.7 Å². The number of rotatable bonds is 8. The van der Waals surface area contributed by atoms with E-state index in [0.717, 1.165) is 17.7 Å². The lowest BCUT2D eigenvalue weighted by Gasteiger charge is -2.37. The van der Waals surface area contributed by atoms with Gasteiger partial charge in [0.2, 0.25) is 0 Å². The molecule has 0 unspecified atom stereocenters. The van der Waals surface area contributed by atoms with Crippen LogP contribution in [0.25, 0.3) is 0 Å². The highest BCUT2D eigenvalue weighted by molar-refractivity contribution is 7.93. The van der Waals surface area contributed by atoms with Crippen LogP contribution in [0.3, 0.4) is 0 Å². The summed E-state index contributed by atoms with van der Waals surface area (Å²) in [6.45, 7) is 3.10. The first-order valence-electron chi connectivity index (χ1n) is 10.3. The fraction of sp³-hybridized carbons (Fsp3) is 0.409. The molecule has 9 heteroatoms. The predicted molar refractivity (Wildman–Crippen MR) is 121 cm³/mol. The lowest BCUT2D eigenvalue weighted by atomic mass is 9.95. The van der Waals surface area contributed by atoms with Crippen molar-refractivity contribution in [1.29, 1.82) is 0 Å². The molecule has 3 rings (SSSR count). The van der Waals surface area contributed by atoms with Crippen LogP contribution in [0.5, 0.6) is 0 Å². The molecule has 1 fully saturated rings. The van der Waals surface area contributed by atoms with Crippen molar-refractivity contribution < 1.29 is 18.4 Å². The molecule has 1 saturated heterocycles. The Morgan fingerprint density at radius 3 is 2.32 bits per heavy atom. The fourth-order valence-electron chi connectivity index (χ4n) is 3.79. The summed E-state index contributed by atoms with van der Waals surface area (Å²) in [6.07, 6.45) is 1.03. The molecule has 0 saturated carbocycles. The molecule has 1 aliphatic heterocycles. The van der Waals surface area contributed by atoms with Crippen LogP contribution in [0.15, 0.2) is 53.4 Å². The number of hydrogen-bond acceptors (Lipinski definition) is 6. The second kappa shape index (κ2) is 9.99. The van der Waals surface area contributed by atoms with Crippen molar-refractivity contribution in [2.75, 3.05) is 31.5 Å². The average Bonchev–Trinajstić information content (AvgIpc) is 2.80. The molecule has 0 atom stereocenters. The Hall–Kier alpha value is -2.13. The van der Waals surface area contributed by atoms with Crippen molar-refractivity contribution in [3.63, 3.8) is 0 Å². The van der Waals surface area contributed by atoms with Crippen LogP contribution < -0.4 is 10.6 Å². The molecule has 0 aromatic heterocycles. The van der Waals surface area contributed by atoms with Crippen LogP contribution in [-0.2, 0) is 21.1 Å². The van der Waals surface area contributed by atoms with Gasteiger partial charge in [0.05, 0.1) is 4.90 Å². The molecule has 0 aliphatic carbocycles. The van der Waals surface area contributed by atoms with Gasteiger partial charge < -0.3 is 10.6 Å². The maximum atomic E-state index is 13.5. The third-order valence-electron chi connectivity index (χ3n) is 5.67. The van der Waals surface area contributed by atoms with Gasteiger partial charge in [0.25, 0.3) is 5.91 Å². The standard InChI is InChI=1S/C22H28ClN3O4S/c1-2-26(28)21(27)22(12-15-24-16-13-22)31(29,30)20-9-7-19(8-10-20)25-14-11-17-3-5-18(23)6-4-17/h3-10,24-25,28H,2,11-16H2,1H3. The number of benzene rings is 2. The maximum Gasteiger partial charge on any atom is 0.267 e. The summed E-state index contributed by atoms with van der Waals surface area (Å²) < 4.78 is 25.3. The zero-order valence-electron chi connectivity index (χ0n) is 17.5. The Kier molecular flexibility index (Phi) is 7.59. The van der Waals surface area contributed by atoms with Crippen LogP contribution in [0, 0.1) is 0 Å². The van der Waals surface area contributed by atoms with E-state index in [1.54, 1.807) is 19.1 Å². The van der Waals surface area contributed by atoms with E-state index in [2.05, 4.69) is 10.6 Å². The van der Waals surface area contributed by atoms with E-state index >= 15 is 0 Å². The Balaban J connectivity index is 1.74. The number of anilines is 1. The number of hydroxylamine groups is 2. The lowest BCUT2D eigenvalue weighted by molar-refractivity contribution is -0.168. The first-order chi connectivity index (χ1) is 14.8. The van der Waals surface area contributed by atoms with Gasteiger partial charge in [0, 0.05) is 23.8 Å². The minimum absolute atomic E-state index is 0.0278. The summed E-state index contributed by atoms with van der Waals surface area (Å²) >= 11 is 5.90. The minimum atomic E-state index is -3.99. The van der Waals surface area contributed by atoms with Crippen LogP contribution in [0.2, 0.25) is 5.02 Å². The second-order valence-corrected chi connectivity index (χ2v) is 10.3. The molecule has 7 nitrogen and oxygen atoms in total. The highest BCUT2D eigenvalue weighted by Gasteiger charge is 2.53. The van der Waals surface area contributed by atoms with Gasteiger partial charge in [-0.05, 0) is 81.2 Å². The number of piperidine rings is 1. The quantitative estimate of drug-likeness (QED) is 0.409. The number of sulfone groups is 1. The molecule has 31 heavy (non-hydrogen) atoms. The summed E-state index contributed by atoms with van der Waals surface area (Å²) in [5.74, 6) is -0.762. The molecule has 0 spiro atoms. The number of nitrogens with zero attached hydrogens (tertiary/aromatic N) is 1.